The van der Waals surface area contributed by atoms with Crippen LogP contribution in [0.5, 0.6) is 0 Å². The molecule has 0 saturated carbocycles. The second-order valence-corrected chi connectivity index (χ2v) is 7.35. The van der Waals surface area contributed by atoms with Gasteiger partial charge in [0.1, 0.15) is 0 Å². The summed E-state index contributed by atoms with van der Waals surface area (Å²) >= 11 is 0. The maximum absolute atomic E-state index is 2.38. The zero-order chi connectivity index (χ0) is 13.0. The molecule has 0 amide bonds. The third-order valence-electron chi connectivity index (χ3n) is 2.26. The maximum atomic E-state index is 2.38. The zero-order valence-electron chi connectivity index (χ0n) is 12.6. The Morgan fingerprint density at radius 2 is 1.38 bits per heavy atom. The molecule has 0 rings (SSSR count). The minimum Gasteiger partial charge on any atom is -0.0815 e. The van der Waals surface area contributed by atoms with Gasteiger partial charge in [-0.1, -0.05) is 64.8 Å². The average Bonchev–Trinajstić information content (AvgIpc) is 1.94. The number of hydrogen-bond donors (Lipinski definition) is 0. The summed E-state index contributed by atoms with van der Waals surface area (Å²) in [5.41, 5.74) is 3.69. The molecule has 0 aliphatic rings. The van der Waals surface area contributed by atoms with Crippen LogP contribution >= 0.6 is 0 Å². The first kappa shape index (κ1) is 15.5. The van der Waals surface area contributed by atoms with E-state index >= 15 is 0 Å². The highest BCUT2D eigenvalue weighted by Gasteiger charge is 2.10. The van der Waals surface area contributed by atoms with Gasteiger partial charge in [-0.3, -0.25) is 0 Å². The average molecular weight is 222 g/mol. The number of allylic oxidation sites excluding steroid dienone is 4. The summed E-state index contributed by atoms with van der Waals surface area (Å²) < 4.78 is 0. The molecule has 0 saturated heterocycles. The van der Waals surface area contributed by atoms with Gasteiger partial charge in [0.2, 0.25) is 0 Å². The molecule has 0 nitrogen and oxygen atoms in total. The fraction of sp³-hybridized carbons (Fsp3) is 0.750. The second kappa shape index (κ2) is 5.70. The van der Waals surface area contributed by atoms with Crippen molar-refractivity contribution in [1.82, 2.24) is 0 Å². The highest BCUT2D eigenvalue weighted by Crippen LogP contribution is 2.25. The van der Waals surface area contributed by atoms with Gasteiger partial charge in [0.15, 0.2) is 0 Å². The van der Waals surface area contributed by atoms with Crippen molar-refractivity contribution >= 4 is 0 Å². The van der Waals surface area contributed by atoms with Crippen LogP contribution in [0.15, 0.2) is 23.3 Å². The van der Waals surface area contributed by atoms with E-state index in [1.165, 1.54) is 17.6 Å². The minimum absolute atomic E-state index is 0.301. The molecule has 0 aromatic carbocycles. The summed E-state index contributed by atoms with van der Waals surface area (Å²) in [5.74, 6) is 0. The second-order valence-electron chi connectivity index (χ2n) is 7.35. The molecule has 0 aliphatic heterocycles. The van der Waals surface area contributed by atoms with Crippen LogP contribution in [0.1, 0.15) is 68.2 Å². The molecule has 0 heterocycles. The predicted octanol–water partition coefficient (Wildman–Crippen LogP) is 5.75. The molecule has 94 valence electrons. The highest BCUT2D eigenvalue weighted by atomic mass is 14.2. The van der Waals surface area contributed by atoms with E-state index in [2.05, 4.69) is 67.5 Å². The van der Waals surface area contributed by atoms with Gasteiger partial charge in [0.05, 0.1) is 0 Å². The van der Waals surface area contributed by atoms with E-state index in [0.29, 0.717) is 10.8 Å². The van der Waals surface area contributed by atoms with Gasteiger partial charge in [-0.05, 0) is 37.5 Å². The van der Waals surface area contributed by atoms with Gasteiger partial charge in [0.25, 0.3) is 0 Å². The van der Waals surface area contributed by atoms with E-state index in [-0.39, 0.29) is 0 Å². The van der Waals surface area contributed by atoms with Crippen molar-refractivity contribution in [1.29, 1.82) is 0 Å². The monoisotopic (exact) mass is 222 g/mol. The highest BCUT2D eigenvalue weighted by molar-refractivity contribution is 5.12. The maximum Gasteiger partial charge on any atom is -0.0139 e. The zero-order valence-corrected chi connectivity index (χ0v) is 12.6. The van der Waals surface area contributed by atoms with Crippen LogP contribution in [0, 0.1) is 10.8 Å². The predicted molar refractivity (Wildman–Crippen MR) is 75.7 cm³/mol. The molecule has 0 fully saturated rings. The lowest BCUT2D eigenvalue weighted by molar-refractivity contribution is 0.409. The lowest BCUT2D eigenvalue weighted by Gasteiger charge is -2.18. The van der Waals surface area contributed by atoms with Crippen molar-refractivity contribution in [3.8, 4) is 0 Å². The SMILES string of the molecule is CC(=CC(C)(C)C)CC=C(C)CC(C)(C)C. The Balaban J connectivity index is 4.33. The van der Waals surface area contributed by atoms with Gasteiger partial charge in [-0.15, -0.1) is 0 Å². The summed E-state index contributed by atoms with van der Waals surface area (Å²) in [7, 11) is 0. The Morgan fingerprint density at radius 1 is 0.875 bits per heavy atom. The quantitative estimate of drug-likeness (QED) is 0.533. The van der Waals surface area contributed by atoms with Crippen LogP contribution < -0.4 is 0 Å². The first-order valence-electron chi connectivity index (χ1n) is 6.33. The van der Waals surface area contributed by atoms with E-state index < -0.39 is 0 Å². The Hall–Kier alpha value is -0.520. The van der Waals surface area contributed by atoms with Crippen LogP contribution in [-0.4, -0.2) is 0 Å². The topological polar surface area (TPSA) is 0 Å². The van der Waals surface area contributed by atoms with Crippen molar-refractivity contribution in [3.05, 3.63) is 23.3 Å². The Kier molecular flexibility index (Phi) is 5.52. The van der Waals surface area contributed by atoms with Crippen LogP contribution in [0.25, 0.3) is 0 Å². The van der Waals surface area contributed by atoms with Gasteiger partial charge in [-0.2, -0.15) is 0 Å². The summed E-state index contributed by atoms with van der Waals surface area (Å²) in [6.45, 7) is 18.1. The molecule has 16 heavy (non-hydrogen) atoms. The van der Waals surface area contributed by atoms with E-state index in [9.17, 15) is 0 Å². The smallest absolute Gasteiger partial charge is 0.0139 e. The molecule has 0 bridgehead atoms. The molecule has 0 N–H and O–H groups in total. The number of rotatable bonds is 3. The number of hydrogen-bond acceptors (Lipinski definition) is 0. The van der Waals surface area contributed by atoms with Crippen LogP contribution in [-0.2, 0) is 0 Å². The van der Waals surface area contributed by atoms with Crippen molar-refractivity contribution in [3.63, 3.8) is 0 Å². The Labute approximate surface area is 103 Å². The van der Waals surface area contributed by atoms with Crippen molar-refractivity contribution in [2.75, 3.05) is 0 Å². The molecule has 0 radical (unpaired) electrons. The van der Waals surface area contributed by atoms with Gasteiger partial charge < -0.3 is 0 Å². The Bertz CT molecular complexity index is 263. The van der Waals surface area contributed by atoms with Crippen molar-refractivity contribution < 1.29 is 0 Å². The summed E-state index contributed by atoms with van der Waals surface area (Å²) in [6, 6.07) is 0. The largest absolute Gasteiger partial charge is 0.0815 e. The van der Waals surface area contributed by atoms with Crippen LogP contribution in [0.2, 0.25) is 0 Å². The van der Waals surface area contributed by atoms with Crippen LogP contribution in [0.3, 0.4) is 0 Å². The van der Waals surface area contributed by atoms with Crippen LogP contribution in [0.4, 0.5) is 0 Å². The first-order valence-corrected chi connectivity index (χ1v) is 6.33. The normalized spacial score (nSPS) is 15.5. The van der Waals surface area contributed by atoms with Crippen molar-refractivity contribution in [2.45, 2.75) is 68.2 Å². The summed E-state index contributed by atoms with van der Waals surface area (Å²) in [5, 5.41) is 0. The van der Waals surface area contributed by atoms with Gasteiger partial charge >= 0.3 is 0 Å². The first-order chi connectivity index (χ1) is 6.99. The summed E-state index contributed by atoms with van der Waals surface area (Å²) in [6.07, 6.45) is 7.03. The van der Waals surface area contributed by atoms with E-state index in [0.717, 1.165) is 6.42 Å². The molecular formula is C16H30. The van der Waals surface area contributed by atoms with Crippen molar-refractivity contribution in [2.24, 2.45) is 10.8 Å². The lowest BCUT2D eigenvalue weighted by Crippen LogP contribution is -2.05. The minimum atomic E-state index is 0.301. The summed E-state index contributed by atoms with van der Waals surface area (Å²) in [4.78, 5) is 0. The molecule has 0 aliphatic carbocycles. The fourth-order valence-electron chi connectivity index (χ4n) is 2.04. The van der Waals surface area contributed by atoms with E-state index in [1.54, 1.807) is 0 Å². The van der Waals surface area contributed by atoms with Gasteiger partial charge in [0, 0.05) is 0 Å². The molecule has 0 aromatic heterocycles. The molecule has 0 spiro atoms. The molecule has 0 atom stereocenters. The fourth-order valence-corrected chi connectivity index (χ4v) is 2.04. The van der Waals surface area contributed by atoms with E-state index in [1.807, 2.05) is 0 Å². The van der Waals surface area contributed by atoms with Gasteiger partial charge in [-0.25, -0.2) is 0 Å². The lowest BCUT2D eigenvalue weighted by atomic mass is 9.87. The molecule has 0 heteroatoms. The molecule has 0 unspecified atom stereocenters. The Morgan fingerprint density at radius 3 is 1.75 bits per heavy atom. The standard InChI is InChI=1S/C16H30/c1-13(11-15(3,4)5)9-10-14(2)12-16(6,7)8/h9,12H,10-11H2,1-8H3. The molecular weight excluding hydrogens is 192 g/mol. The van der Waals surface area contributed by atoms with E-state index in [4.69, 9.17) is 0 Å². The third kappa shape index (κ3) is 10.0. The molecule has 0 aromatic rings. The third-order valence-corrected chi connectivity index (χ3v) is 2.26.